The molecule has 2 heterocycles. The van der Waals surface area contributed by atoms with Gasteiger partial charge in [-0.15, -0.1) is 0 Å². The monoisotopic (exact) mass is 488 g/mol. The number of sulfonamides is 1. The Balaban J connectivity index is 1.38. The van der Waals surface area contributed by atoms with Gasteiger partial charge >= 0.3 is 0 Å². The molecule has 0 bridgehead atoms. The van der Waals surface area contributed by atoms with Crippen LogP contribution in [0.15, 0.2) is 51.9 Å². The summed E-state index contributed by atoms with van der Waals surface area (Å²) in [7, 11) is -3.88. The van der Waals surface area contributed by atoms with Crippen molar-refractivity contribution in [1.29, 1.82) is 0 Å². The van der Waals surface area contributed by atoms with Crippen LogP contribution in [0.2, 0.25) is 5.02 Å². The molecule has 1 aliphatic carbocycles. The number of hydrogen-bond donors (Lipinski definition) is 1. The number of carbonyl (C=O) groups excluding carboxylic acids is 1. The zero-order chi connectivity index (χ0) is 23.0. The van der Waals surface area contributed by atoms with Crippen LogP contribution in [0.3, 0.4) is 0 Å². The minimum Gasteiger partial charge on any atom is -0.482 e. The number of benzene rings is 2. The second-order valence-electron chi connectivity index (χ2n) is 7.99. The van der Waals surface area contributed by atoms with E-state index in [-0.39, 0.29) is 36.4 Å². The van der Waals surface area contributed by atoms with Crippen molar-refractivity contribution in [2.75, 3.05) is 11.5 Å². The largest absolute Gasteiger partial charge is 0.482 e. The number of aromatic nitrogens is 2. The molecule has 1 aliphatic heterocycles. The van der Waals surface area contributed by atoms with Gasteiger partial charge in [-0.1, -0.05) is 41.4 Å². The van der Waals surface area contributed by atoms with E-state index in [2.05, 4.69) is 14.9 Å². The molecule has 0 atom stereocenters. The molecule has 0 unspecified atom stereocenters. The summed E-state index contributed by atoms with van der Waals surface area (Å²) in [5.74, 6) is 1.30. The van der Waals surface area contributed by atoms with E-state index in [9.17, 15) is 13.2 Å². The van der Waals surface area contributed by atoms with Crippen molar-refractivity contribution in [2.45, 2.75) is 43.2 Å². The first-order valence-corrected chi connectivity index (χ1v) is 12.4. The molecule has 0 spiro atoms. The lowest BCUT2D eigenvalue weighted by atomic mass is 9.85. The molecule has 1 N–H and O–H groups in total. The van der Waals surface area contributed by atoms with Gasteiger partial charge in [0.05, 0.1) is 17.1 Å². The number of amides is 1. The number of carbonyl (C=O) groups is 1. The molecule has 0 saturated heterocycles. The molecule has 1 saturated carbocycles. The van der Waals surface area contributed by atoms with E-state index in [1.807, 2.05) is 0 Å². The molecule has 2 aromatic carbocycles. The van der Waals surface area contributed by atoms with Crippen LogP contribution in [0.5, 0.6) is 5.75 Å². The standard InChI is InChI=1S/C22H21ClN4O5S/c23-17-7-2-1-4-15(17)11-24-33(29,30)16-8-9-19-18(10-16)27(21(28)13-31-19)12-20-25-22(32-26-20)14-5-3-6-14/h1-2,4,7-10,14,24H,3,5-6,11-13H2. The Morgan fingerprint density at radius 1 is 1.18 bits per heavy atom. The first kappa shape index (κ1) is 21.9. The van der Waals surface area contributed by atoms with Crippen LogP contribution in [0.4, 0.5) is 5.69 Å². The van der Waals surface area contributed by atoms with Crippen molar-refractivity contribution in [3.05, 3.63) is 64.8 Å². The summed E-state index contributed by atoms with van der Waals surface area (Å²) in [5, 5.41) is 4.47. The van der Waals surface area contributed by atoms with Crippen molar-refractivity contribution in [3.8, 4) is 5.75 Å². The van der Waals surface area contributed by atoms with Crippen LogP contribution in [-0.4, -0.2) is 31.1 Å². The van der Waals surface area contributed by atoms with E-state index in [0.717, 1.165) is 19.3 Å². The highest BCUT2D eigenvalue weighted by atomic mass is 35.5. The summed E-state index contributed by atoms with van der Waals surface area (Å²) in [5.41, 5.74) is 0.988. The van der Waals surface area contributed by atoms with Gasteiger partial charge in [-0.3, -0.25) is 9.69 Å². The molecule has 11 heteroatoms. The molecule has 3 aromatic rings. The quantitative estimate of drug-likeness (QED) is 0.542. The lowest BCUT2D eigenvalue weighted by molar-refractivity contribution is -0.121. The Kier molecular flexibility index (Phi) is 5.81. The van der Waals surface area contributed by atoms with Crippen LogP contribution in [-0.2, 0) is 27.9 Å². The maximum atomic E-state index is 12.9. The van der Waals surface area contributed by atoms with Crippen molar-refractivity contribution in [2.24, 2.45) is 0 Å². The normalized spacial score (nSPS) is 16.3. The highest BCUT2D eigenvalue weighted by molar-refractivity contribution is 7.89. The van der Waals surface area contributed by atoms with Crippen molar-refractivity contribution in [1.82, 2.24) is 14.9 Å². The lowest BCUT2D eigenvalue weighted by Crippen LogP contribution is -2.38. The van der Waals surface area contributed by atoms with Gasteiger partial charge in [0.1, 0.15) is 5.75 Å². The van der Waals surface area contributed by atoms with Crippen LogP contribution in [0.1, 0.15) is 42.5 Å². The zero-order valence-electron chi connectivity index (χ0n) is 17.5. The SMILES string of the molecule is O=C1COc2ccc(S(=O)(=O)NCc3ccccc3Cl)cc2N1Cc1noc(C2CCC2)n1. The fraction of sp³-hybridized carbons (Fsp3) is 0.318. The molecular weight excluding hydrogens is 468 g/mol. The molecule has 9 nitrogen and oxygen atoms in total. The molecule has 1 amide bonds. The van der Waals surface area contributed by atoms with Gasteiger partial charge in [0, 0.05) is 17.5 Å². The average Bonchev–Trinajstić information content (AvgIpc) is 3.21. The number of nitrogens with zero attached hydrogens (tertiary/aromatic N) is 3. The summed E-state index contributed by atoms with van der Waals surface area (Å²) in [6.07, 6.45) is 3.17. The highest BCUT2D eigenvalue weighted by Gasteiger charge is 2.30. The number of rotatable bonds is 7. The molecule has 2 aliphatic rings. The van der Waals surface area contributed by atoms with Crippen LogP contribution < -0.4 is 14.4 Å². The van der Waals surface area contributed by atoms with Gasteiger partial charge in [0.25, 0.3) is 5.91 Å². The average molecular weight is 489 g/mol. The third-order valence-corrected chi connectivity index (χ3v) is 7.60. The second kappa shape index (κ2) is 8.77. The maximum absolute atomic E-state index is 12.9. The van der Waals surface area contributed by atoms with E-state index >= 15 is 0 Å². The third kappa shape index (κ3) is 4.46. The Hall–Kier alpha value is -2.95. The fourth-order valence-corrected chi connectivity index (χ4v) is 4.94. The topological polar surface area (TPSA) is 115 Å². The van der Waals surface area contributed by atoms with Gasteiger partial charge in [0.2, 0.25) is 15.9 Å². The molecule has 0 radical (unpaired) electrons. The van der Waals surface area contributed by atoms with Gasteiger partial charge in [0.15, 0.2) is 12.4 Å². The Morgan fingerprint density at radius 3 is 2.76 bits per heavy atom. The summed E-state index contributed by atoms with van der Waals surface area (Å²) < 4.78 is 39.3. The second-order valence-corrected chi connectivity index (χ2v) is 10.2. The molecule has 5 rings (SSSR count). The third-order valence-electron chi connectivity index (χ3n) is 5.83. The van der Waals surface area contributed by atoms with E-state index in [1.165, 1.54) is 23.1 Å². The molecular formula is C22H21ClN4O5S. The van der Waals surface area contributed by atoms with Crippen LogP contribution in [0, 0.1) is 0 Å². The number of hydrogen-bond acceptors (Lipinski definition) is 7. The van der Waals surface area contributed by atoms with Crippen molar-refractivity contribution < 1.29 is 22.5 Å². The maximum Gasteiger partial charge on any atom is 0.265 e. The lowest BCUT2D eigenvalue weighted by Gasteiger charge is -2.28. The van der Waals surface area contributed by atoms with Crippen molar-refractivity contribution in [3.63, 3.8) is 0 Å². The summed E-state index contributed by atoms with van der Waals surface area (Å²) in [6.45, 7) is -0.0653. The summed E-state index contributed by atoms with van der Waals surface area (Å²) >= 11 is 6.13. The smallest absolute Gasteiger partial charge is 0.265 e. The fourth-order valence-electron chi connectivity index (χ4n) is 3.71. The Morgan fingerprint density at radius 2 is 2.00 bits per heavy atom. The number of halogens is 1. The predicted molar refractivity (Wildman–Crippen MR) is 119 cm³/mol. The Bertz CT molecular complexity index is 1310. The zero-order valence-corrected chi connectivity index (χ0v) is 19.1. The highest BCUT2D eigenvalue weighted by Crippen LogP contribution is 2.37. The summed E-state index contributed by atoms with van der Waals surface area (Å²) in [6, 6.07) is 11.4. The number of ether oxygens (including phenoxy) is 1. The van der Waals surface area contributed by atoms with E-state index in [4.69, 9.17) is 20.9 Å². The minimum absolute atomic E-state index is 0.000118. The van der Waals surface area contributed by atoms with Crippen LogP contribution in [0.25, 0.3) is 0 Å². The van der Waals surface area contributed by atoms with Gasteiger partial charge in [-0.25, -0.2) is 13.1 Å². The molecule has 172 valence electrons. The van der Waals surface area contributed by atoms with Crippen LogP contribution >= 0.6 is 11.6 Å². The first-order chi connectivity index (χ1) is 15.9. The Labute approximate surface area is 195 Å². The number of nitrogens with one attached hydrogen (secondary N) is 1. The van der Waals surface area contributed by atoms with E-state index < -0.39 is 10.0 Å². The van der Waals surface area contributed by atoms with E-state index in [0.29, 0.717) is 33.7 Å². The first-order valence-electron chi connectivity index (χ1n) is 10.5. The molecule has 1 aromatic heterocycles. The minimum atomic E-state index is -3.88. The van der Waals surface area contributed by atoms with Gasteiger partial charge in [-0.2, -0.15) is 4.98 Å². The molecule has 33 heavy (non-hydrogen) atoms. The number of fused-ring (bicyclic) bond motifs is 1. The number of anilines is 1. The summed E-state index contributed by atoms with van der Waals surface area (Å²) in [4.78, 5) is 18.5. The van der Waals surface area contributed by atoms with Gasteiger partial charge in [-0.05, 0) is 42.7 Å². The van der Waals surface area contributed by atoms with Crippen molar-refractivity contribution >= 4 is 33.2 Å². The van der Waals surface area contributed by atoms with Gasteiger partial charge < -0.3 is 9.26 Å². The predicted octanol–water partition coefficient (Wildman–Crippen LogP) is 3.39. The van der Waals surface area contributed by atoms with E-state index in [1.54, 1.807) is 24.3 Å². The molecule has 1 fully saturated rings.